The normalized spacial score (nSPS) is 12.3. The number of hydrogen-bond acceptors (Lipinski definition) is 7. The molecule has 28 heavy (non-hydrogen) atoms. The first kappa shape index (κ1) is 18.3. The first-order valence-electron chi connectivity index (χ1n) is 8.62. The molecule has 4 rings (SSSR count). The molecule has 0 fully saturated rings. The molecule has 0 radical (unpaired) electrons. The van der Waals surface area contributed by atoms with Crippen LogP contribution in [-0.2, 0) is 11.4 Å². The van der Waals surface area contributed by atoms with E-state index >= 15 is 0 Å². The van der Waals surface area contributed by atoms with E-state index in [2.05, 4.69) is 25.6 Å². The molecule has 0 aliphatic heterocycles. The SMILES string of the molecule is CCOc1c(-c2cn[nH]c2)ccn2nc(Nc3ccc([S+](N)[O-])cc3C)nc12. The Labute approximate surface area is 164 Å². The van der Waals surface area contributed by atoms with Crippen molar-refractivity contribution < 1.29 is 9.29 Å². The molecule has 3 aromatic heterocycles. The highest BCUT2D eigenvalue weighted by Crippen LogP contribution is 2.33. The number of nitrogens with zero attached hydrogens (tertiary/aromatic N) is 4. The largest absolute Gasteiger partial charge is 0.593 e. The Bertz CT molecular complexity index is 1110. The van der Waals surface area contributed by atoms with Gasteiger partial charge in [0.05, 0.1) is 24.2 Å². The molecular formula is C18H19N7O2S. The van der Waals surface area contributed by atoms with Gasteiger partial charge in [0.1, 0.15) is 0 Å². The first-order chi connectivity index (χ1) is 13.6. The standard InChI is InChI=1S/C18H19N7O2S/c1-3-27-16-14(12-9-20-21-10-12)6-7-25-17(16)23-18(24-25)22-15-5-4-13(28(19)26)8-11(15)2/h4-10H,3,19H2,1-2H3,(H,20,21)(H,22,24). The second kappa shape index (κ2) is 7.50. The predicted octanol–water partition coefficient (Wildman–Crippen LogP) is 2.55. The third-order valence-electron chi connectivity index (χ3n) is 4.24. The highest BCUT2D eigenvalue weighted by Gasteiger charge is 2.17. The number of fused-ring (bicyclic) bond motifs is 1. The summed E-state index contributed by atoms with van der Waals surface area (Å²) in [6.07, 6.45) is 5.36. The van der Waals surface area contributed by atoms with Crippen LogP contribution >= 0.6 is 0 Å². The van der Waals surface area contributed by atoms with Crippen LogP contribution in [0.2, 0.25) is 0 Å². The molecule has 1 unspecified atom stereocenters. The second-order valence-electron chi connectivity index (χ2n) is 6.08. The smallest absolute Gasteiger partial charge is 0.247 e. The molecule has 4 aromatic rings. The van der Waals surface area contributed by atoms with Gasteiger partial charge in [-0.2, -0.15) is 10.1 Å². The Hall–Kier alpha value is -3.08. The van der Waals surface area contributed by atoms with E-state index in [1.165, 1.54) is 0 Å². The monoisotopic (exact) mass is 397 g/mol. The summed E-state index contributed by atoms with van der Waals surface area (Å²) in [5.41, 5.74) is 4.08. The molecule has 10 heteroatoms. The summed E-state index contributed by atoms with van der Waals surface area (Å²) < 4.78 is 19.0. The highest BCUT2D eigenvalue weighted by molar-refractivity contribution is 7.89. The Morgan fingerprint density at radius 2 is 2.21 bits per heavy atom. The molecule has 1 aromatic carbocycles. The molecule has 0 saturated heterocycles. The van der Waals surface area contributed by atoms with Gasteiger partial charge in [-0.15, -0.1) is 10.2 Å². The van der Waals surface area contributed by atoms with Gasteiger partial charge in [-0.3, -0.25) is 5.10 Å². The average Bonchev–Trinajstić information content (AvgIpc) is 3.33. The third-order valence-corrected chi connectivity index (χ3v) is 4.95. The quantitative estimate of drug-likeness (QED) is 0.426. The van der Waals surface area contributed by atoms with Crippen LogP contribution in [0.1, 0.15) is 12.5 Å². The average molecular weight is 397 g/mol. The van der Waals surface area contributed by atoms with Crippen molar-refractivity contribution in [3.05, 3.63) is 48.4 Å². The molecule has 1 atom stereocenters. The van der Waals surface area contributed by atoms with E-state index in [-0.39, 0.29) is 0 Å². The number of H-pyrrole nitrogens is 1. The van der Waals surface area contributed by atoms with Gasteiger partial charge in [-0.1, -0.05) is 0 Å². The molecule has 0 spiro atoms. The van der Waals surface area contributed by atoms with E-state index in [4.69, 9.17) is 9.88 Å². The van der Waals surface area contributed by atoms with Gasteiger partial charge in [0, 0.05) is 35.3 Å². The van der Waals surface area contributed by atoms with Gasteiger partial charge in [-0.25, -0.2) is 4.52 Å². The van der Waals surface area contributed by atoms with E-state index in [0.717, 1.165) is 22.4 Å². The fraction of sp³-hybridized carbons (Fsp3) is 0.167. The number of hydrogen-bond donors (Lipinski definition) is 3. The van der Waals surface area contributed by atoms with Gasteiger partial charge in [0.15, 0.2) is 16.3 Å². The number of benzene rings is 1. The van der Waals surface area contributed by atoms with Crippen LogP contribution in [0.4, 0.5) is 11.6 Å². The lowest BCUT2D eigenvalue weighted by Gasteiger charge is -2.09. The molecule has 144 valence electrons. The molecule has 9 nitrogen and oxygen atoms in total. The lowest BCUT2D eigenvalue weighted by molar-refractivity contribution is 0.343. The van der Waals surface area contributed by atoms with E-state index in [1.807, 2.05) is 32.2 Å². The van der Waals surface area contributed by atoms with Crippen molar-refractivity contribution in [1.82, 2.24) is 24.8 Å². The third kappa shape index (κ3) is 3.40. The predicted molar refractivity (Wildman–Crippen MR) is 107 cm³/mol. The summed E-state index contributed by atoms with van der Waals surface area (Å²) in [7, 11) is 0. The number of anilines is 2. The Balaban J connectivity index is 1.73. The minimum absolute atomic E-state index is 0.426. The summed E-state index contributed by atoms with van der Waals surface area (Å²) in [5, 5.41) is 19.9. The van der Waals surface area contributed by atoms with Gasteiger partial charge in [0.25, 0.3) is 0 Å². The van der Waals surface area contributed by atoms with Gasteiger partial charge in [-0.05, 0) is 37.6 Å². The highest BCUT2D eigenvalue weighted by atomic mass is 32.2. The van der Waals surface area contributed by atoms with Crippen LogP contribution in [0.15, 0.2) is 47.8 Å². The van der Waals surface area contributed by atoms with Crippen molar-refractivity contribution in [2.75, 3.05) is 11.9 Å². The zero-order valence-corrected chi connectivity index (χ0v) is 16.2. The van der Waals surface area contributed by atoms with Gasteiger partial charge >= 0.3 is 0 Å². The molecule has 0 aliphatic carbocycles. The Kier molecular flexibility index (Phi) is 4.90. The van der Waals surface area contributed by atoms with Gasteiger partial charge < -0.3 is 14.6 Å². The van der Waals surface area contributed by atoms with Crippen LogP contribution in [-0.4, -0.2) is 36.0 Å². The van der Waals surface area contributed by atoms with Crippen molar-refractivity contribution in [3.63, 3.8) is 0 Å². The molecule has 0 amide bonds. The number of nitrogens with two attached hydrogens (primary N) is 1. The molecule has 0 aliphatic rings. The van der Waals surface area contributed by atoms with E-state index in [1.54, 1.807) is 29.0 Å². The minimum Gasteiger partial charge on any atom is -0.593 e. The van der Waals surface area contributed by atoms with Crippen molar-refractivity contribution in [3.8, 4) is 16.9 Å². The molecule has 4 N–H and O–H groups in total. The van der Waals surface area contributed by atoms with Crippen LogP contribution in [0.5, 0.6) is 5.75 Å². The van der Waals surface area contributed by atoms with Crippen LogP contribution in [0.3, 0.4) is 0 Å². The van der Waals surface area contributed by atoms with Crippen LogP contribution in [0, 0.1) is 6.92 Å². The summed E-state index contributed by atoms with van der Waals surface area (Å²) >= 11 is -1.52. The van der Waals surface area contributed by atoms with Gasteiger partial charge in [0.2, 0.25) is 5.95 Å². The van der Waals surface area contributed by atoms with Crippen molar-refractivity contribution >= 4 is 28.6 Å². The Morgan fingerprint density at radius 1 is 1.36 bits per heavy atom. The second-order valence-corrected chi connectivity index (χ2v) is 7.15. The number of aromatic nitrogens is 5. The summed E-state index contributed by atoms with van der Waals surface area (Å²) in [6, 6.07) is 7.21. The maximum atomic E-state index is 11.4. The molecule has 0 saturated carbocycles. The zero-order chi connectivity index (χ0) is 19.7. The fourth-order valence-electron chi connectivity index (χ4n) is 2.91. The summed E-state index contributed by atoms with van der Waals surface area (Å²) in [4.78, 5) is 5.16. The van der Waals surface area contributed by atoms with E-state index in [9.17, 15) is 4.55 Å². The number of ether oxygens (including phenoxy) is 1. The number of rotatable bonds is 6. The summed E-state index contributed by atoms with van der Waals surface area (Å²) in [6.45, 7) is 4.32. The summed E-state index contributed by atoms with van der Waals surface area (Å²) in [5.74, 6) is 1.06. The minimum atomic E-state index is -1.52. The van der Waals surface area contributed by atoms with E-state index in [0.29, 0.717) is 28.8 Å². The van der Waals surface area contributed by atoms with E-state index < -0.39 is 11.4 Å². The number of nitrogens with one attached hydrogen (secondary N) is 2. The van der Waals surface area contributed by atoms with Crippen LogP contribution in [0.25, 0.3) is 16.8 Å². The zero-order valence-electron chi connectivity index (χ0n) is 15.3. The fourth-order valence-corrected chi connectivity index (χ4v) is 3.41. The lowest BCUT2D eigenvalue weighted by Crippen LogP contribution is -2.12. The number of aryl methyl sites for hydroxylation is 1. The molecule has 0 bridgehead atoms. The van der Waals surface area contributed by atoms with Crippen molar-refractivity contribution in [1.29, 1.82) is 0 Å². The van der Waals surface area contributed by atoms with Crippen molar-refractivity contribution in [2.45, 2.75) is 18.7 Å². The molecule has 3 heterocycles. The number of aromatic amines is 1. The number of pyridine rings is 1. The maximum Gasteiger partial charge on any atom is 0.247 e. The first-order valence-corrected chi connectivity index (χ1v) is 9.83. The van der Waals surface area contributed by atoms with Crippen LogP contribution < -0.4 is 15.2 Å². The topological polar surface area (TPSA) is 129 Å². The maximum absolute atomic E-state index is 11.4. The molecular weight excluding hydrogens is 378 g/mol. The Morgan fingerprint density at radius 3 is 2.89 bits per heavy atom. The van der Waals surface area contributed by atoms with Crippen molar-refractivity contribution in [2.24, 2.45) is 5.14 Å². The lowest BCUT2D eigenvalue weighted by atomic mass is 10.1.